The van der Waals surface area contributed by atoms with E-state index in [1.165, 1.54) is 6.92 Å². The predicted molar refractivity (Wildman–Crippen MR) is 332 cm³/mol. The van der Waals surface area contributed by atoms with Crippen molar-refractivity contribution < 1.29 is 71.6 Å². The number of carbonyl (C=O) groups is 7. The fraction of sp³-hybridized carbons (Fsp3) is 0.629. The summed E-state index contributed by atoms with van der Waals surface area (Å²) in [5.41, 5.74) is 37.6. The van der Waals surface area contributed by atoms with Crippen molar-refractivity contribution in [3.05, 3.63) is 63.9 Å². The summed E-state index contributed by atoms with van der Waals surface area (Å²) in [4.78, 5) is 124. The molecule has 18 N–H and O–H groups in total. The van der Waals surface area contributed by atoms with Crippen LogP contribution in [0, 0.1) is 59.2 Å². The van der Waals surface area contributed by atoms with Gasteiger partial charge in [-0.05, 0) is 108 Å². The number of hydrogen-bond donors (Lipinski definition) is 12. The second-order valence-electron chi connectivity index (χ2n) is 27.1. The molecule has 0 radical (unpaired) electrons. The number of aromatic amines is 1. The SMILES string of the molecule is CC1=C2N=C(C=C3NC(=C(C)C4=N[C@@](C)([C@@H]5N=C1[C@](C)(CCC(=O)NC[C@@H](C)OP(=O)(O)O[C@H]1C(O)[C@@H]([n+]6c[nH]c7cc(C)c(C)cc76)O[C@@H]1CO)[C@H]5CC(N)=O)[C@@](C)(CC(N)=O)[C@@H]4CCC(N)=O)[C@@](C)(CC(N)=O)[C@@H]3CCC(N)=O)C(C)(C)[C@@H]2CCC(N)=O. The minimum Gasteiger partial charge on any atom is -0.394 e. The summed E-state index contributed by atoms with van der Waals surface area (Å²) in [6.45, 7) is 19.3. The minimum absolute atomic E-state index is 0.00918. The highest BCUT2D eigenvalue weighted by Crippen LogP contribution is 2.62. The van der Waals surface area contributed by atoms with Crippen molar-refractivity contribution in [3.8, 4) is 0 Å². The number of fused-ring (bicyclic) bond motifs is 7. The van der Waals surface area contributed by atoms with Crippen molar-refractivity contribution in [2.45, 2.75) is 189 Å². The van der Waals surface area contributed by atoms with E-state index in [1.54, 1.807) is 10.9 Å². The first kappa shape index (κ1) is 68.9. The quantitative estimate of drug-likeness (QED) is 0.0476. The predicted octanol–water partition coefficient (Wildman–Crippen LogP) is 2.58. The van der Waals surface area contributed by atoms with Gasteiger partial charge in [0.15, 0.2) is 11.0 Å². The maximum atomic E-state index is 14.4. The summed E-state index contributed by atoms with van der Waals surface area (Å²) < 4.78 is 32.4. The van der Waals surface area contributed by atoms with Gasteiger partial charge in [-0.3, -0.25) is 57.6 Å². The molecule has 2 aromatic rings. The molecule has 1 aromatic carbocycles. The number of hydrogen-bond acceptors (Lipinski definition) is 17. The van der Waals surface area contributed by atoms with Crippen molar-refractivity contribution in [1.29, 1.82) is 0 Å². The number of aliphatic hydroxyl groups excluding tert-OH is 2. The van der Waals surface area contributed by atoms with Gasteiger partial charge in [0.25, 0.3) is 0 Å². The highest BCUT2D eigenvalue weighted by Gasteiger charge is 2.66. The maximum absolute atomic E-state index is 14.4. The largest absolute Gasteiger partial charge is 0.472 e. The number of carbonyl (C=O) groups excluding carboxylic acids is 7. The number of primary amides is 6. The van der Waals surface area contributed by atoms with Crippen LogP contribution in [-0.2, 0) is 51.9 Å². The molecular weight excluding hydrogens is 1180 g/mol. The molecule has 27 nitrogen and oxygen atoms in total. The standard InChI is InChI=1S/C62H90N13O14P/c1-29-20-39-40(21-30(29)2)75(28-70-39)57-52(84)53(41(27-76)87-57)89-90(85,86)88-31(3)26-69-49(83)18-19-59(8)37(22-46(66)80)56-62(11)61(10,25-48(68)82)36(14-17-45(65)79)51(74-62)33(5)55-60(9,24-47(67)81)34(12-15-43(63)77)38(71-55)23-42-58(6,7)35(13-16-44(64)78)50(72-42)32(4)54(59)73-56/h20-21,23,28,31,34-37,41,52-53,56-57,76,84H,12-19,22,24-27H2,1-11H3,(H15,63,64,65,66,67,68,69,71,72,73,74,77,78,79,80,81,82,83,85,86)/p+1/t31-,34-,35-,36-,37+,41-,52?,53-,56-,57+,59-,60+,61+,62+/m1/s1. The highest BCUT2D eigenvalue weighted by molar-refractivity contribution is 7.47. The molecule has 2 saturated heterocycles. The summed E-state index contributed by atoms with van der Waals surface area (Å²) in [7, 11) is -5.06. The van der Waals surface area contributed by atoms with Gasteiger partial charge in [0.1, 0.15) is 18.3 Å². The Morgan fingerprint density at radius 1 is 0.800 bits per heavy atom. The van der Waals surface area contributed by atoms with E-state index in [9.17, 15) is 53.2 Å². The molecule has 2 fully saturated rings. The molecule has 7 heterocycles. The third-order valence-corrected chi connectivity index (χ3v) is 21.8. The molecule has 0 saturated carbocycles. The summed E-state index contributed by atoms with van der Waals surface area (Å²) in [5, 5.41) is 28.2. The number of aromatic nitrogens is 2. The zero-order valence-electron chi connectivity index (χ0n) is 53.3. The number of H-pyrrole nitrogens is 1. The topological polar surface area (TPSA) is 462 Å². The summed E-state index contributed by atoms with van der Waals surface area (Å²) >= 11 is 0. The average molecular weight is 1270 g/mol. The lowest BCUT2D eigenvalue weighted by Crippen LogP contribution is -2.56. The highest BCUT2D eigenvalue weighted by atomic mass is 31.2. The van der Waals surface area contributed by atoms with Gasteiger partial charge in [0.05, 0.1) is 24.3 Å². The number of allylic oxidation sites excluding steroid dienone is 6. The maximum Gasteiger partial charge on any atom is 0.472 e. The summed E-state index contributed by atoms with van der Waals surface area (Å²) in [6, 6.07) is 2.78. The molecule has 2 unspecified atom stereocenters. The molecule has 8 rings (SSSR count). The number of phosphoric acid groups is 1. The summed E-state index contributed by atoms with van der Waals surface area (Å²) in [5.74, 6) is -7.17. The third kappa shape index (κ3) is 13.0. The van der Waals surface area contributed by atoms with Crippen LogP contribution in [-0.4, -0.2) is 128 Å². The van der Waals surface area contributed by atoms with E-state index >= 15 is 0 Å². The fourth-order valence-corrected chi connectivity index (χ4v) is 16.7. The van der Waals surface area contributed by atoms with Gasteiger partial charge in [-0.1, -0.05) is 34.6 Å². The van der Waals surface area contributed by atoms with Crippen molar-refractivity contribution in [3.63, 3.8) is 0 Å². The Labute approximate surface area is 523 Å². The van der Waals surface area contributed by atoms with E-state index in [1.807, 2.05) is 87.4 Å². The van der Waals surface area contributed by atoms with Crippen LogP contribution < -0.4 is 49.6 Å². The Bertz CT molecular complexity index is 3540. The molecule has 0 aliphatic carbocycles. The van der Waals surface area contributed by atoms with Crippen molar-refractivity contribution in [2.24, 2.45) is 94.7 Å². The van der Waals surface area contributed by atoms with E-state index in [0.29, 0.717) is 50.9 Å². The van der Waals surface area contributed by atoms with E-state index < -0.39 is 143 Å². The van der Waals surface area contributed by atoms with Crippen LogP contribution >= 0.6 is 7.82 Å². The van der Waals surface area contributed by atoms with E-state index in [4.69, 9.17) is 63.2 Å². The third-order valence-electron chi connectivity index (χ3n) is 20.7. The van der Waals surface area contributed by atoms with Crippen LogP contribution in [0.1, 0.15) is 150 Å². The van der Waals surface area contributed by atoms with Gasteiger partial charge < -0.3 is 64.9 Å². The number of nitrogens with one attached hydrogen (secondary N) is 3. The number of aryl methyl sites for hydroxylation is 2. The Kier molecular flexibility index (Phi) is 19.6. The molecule has 7 amide bonds. The minimum atomic E-state index is -5.06. The number of aliphatic imine (C=N–C) groups is 3. The van der Waals surface area contributed by atoms with Crippen molar-refractivity contribution in [1.82, 2.24) is 15.6 Å². The first-order valence-corrected chi connectivity index (χ1v) is 32.1. The first-order valence-electron chi connectivity index (χ1n) is 30.6. The lowest BCUT2D eigenvalue weighted by Gasteiger charge is -2.48. The Hall–Kier alpha value is -7.00. The zero-order valence-corrected chi connectivity index (χ0v) is 54.2. The number of phosphoric ester groups is 1. The molecular formula is C62H91N13O14P+. The van der Waals surface area contributed by atoms with Gasteiger partial charge in [-0.25, -0.2) is 9.55 Å². The Morgan fingerprint density at radius 3 is 1.99 bits per heavy atom. The van der Waals surface area contributed by atoms with Crippen LogP contribution in [0.5, 0.6) is 0 Å². The molecule has 8 bridgehead atoms. The molecule has 492 valence electrons. The average Bonchev–Trinajstić information content (AvgIpc) is 1.53. The smallest absolute Gasteiger partial charge is 0.394 e. The second kappa shape index (κ2) is 25.6. The molecule has 6 aliphatic rings. The van der Waals surface area contributed by atoms with E-state index in [-0.39, 0.29) is 77.2 Å². The van der Waals surface area contributed by atoms with E-state index in [0.717, 1.165) is 16.6 Å². The zero-order chi connectivity index (χ0) is 66.7. The lowest BCUT2D eigenvalue weighted by molar-refractivity contribution is -0.743. The van der Waals surface area contributed by atoms with Gasteiger partial charge in [0.2, 0.25) is 53.9 Å². The molecule has 0 spiro atoms. The number of rotatable bonds is 26. The molecule has 15 atom stereocenters. The van der Waals surface area contributed by atoms with Gasteiger partial charge in [-0.2, -0.15) is 4.57 Å². The molecule has 90 heavy (non-hydrogen) atoms. The number of benzene rings is 1. The fourth-order valence-electron chi connectivity index (χ4n) is 15.5. The van der Waals surface area contributed by atoms with Crippen LogP contribution in [0.4, 0.5) is 0 Å². The number of ether oxygens (including phenoxy) is 1. The van der Waals surface area contributed by atoms with Crippen LogP contribution in [0.15, 0.2) is 67.8 Å². The molecule has 6 aliphatic heterocycles. The summed E-state index contributed by atoms with van der Waals surface area (Å²) in [6.07, 6.45) is -4.04. The van der Waals surface area contributed by atoms with Gasteiger partial charge in [-0.15, -0.1) is 0 Å². The Morgan fingerprint density at radius 2 is 1.40 bits per heavy atom. The van der Waals surface area contributed by atoms with Crippen LogP contribution in [0.3, 0.4) is 0 Å². The first-order chi connectivity index (χ1) is 41.8. The second-order valence-corrected chi connectivity index (χ2v) is 28.5. The van der Waals surface area contributed by atoms with E-state index in [2.05, 4.69) is 15.6 Å². The lowest BCUT2D eigenvalue weighted by atomic mass is 9.55. The Balaban J connectivity index is 1.19. The number of imidazole rings is 1. The van der Waals surface area contributed by atoms with Crippen molar-refractivity contribution in [2.75, 3.05) is 13.2 Å². The monoisotopic (exact) mass is 1270 g/mol. The normalized spacial score (nSPS) is 32.0. The number of amides is 7. The van der Waals surface area contributed by atoms with Crippen molar-refractivity contribution >= 4 is 77.3 Å². The number of aliphatic hydroxyl groups is 2. The van der Waals surface area contributed by atoms with Crippen LogP contribution in [0.2, 0.25) is 0 Å². The molecule has 1 aromatic heterocycles. The van der Waals surface area contributed by atoms with Gasteiger partial charge >= 0.3 is 7.82 Å². The van der Waals surface area contributed by atoms with Crippen LogP contribution in [0.25, 0.3) is 11.0 Å². The van der Waals surface area contributed by atoms with Gasteiger partial charge in [0, 0.05) is 131 Å². The number of nitrogens with two attached hydrogens (primary N) is 6. The number of nitrogens with zero attached hydrogens (tertiary/aromatic N) is 4. The molecule has 28 heteroatoms.